The molecule has 1 N–H and O–H groups in total. The Labute approximate surface area is 104 Å². The van der Waals surface area contributed by atoms with E-state index >= 15 is 0 Å². The fraction of sp³-hybridized carbons (Fsp3) is 0.417. The molecule has 0 heterocycles. The Kier molecular flexibility index (Phi) is 4.46. The Hall–Kier alpha value is -1.16. The maximum Gasteiger partial charge on any atom is 0.251 e. The van der Waals surface area contributed by atoms with Crippen LogP contribution >= 0.6 is 11.6 Å². The first-order valence-electron chi connectivity index (χ1n) is 5.15. The van der Waals surface area contributed by atoms with Gasteiger partial charge in [0.05, 0.1) is 0 Å². The molecule has 1 aromatic rings. The fourth-order valence-electron chi connectivity index (χ4n) is 1.11. The van der Waals surface area contributed by atoms with Crippen molar-refractivity contribution in [2.45, 2.75) is 13.8 Å². The van der Waals surface area contributed by atoms with E-state index in [1.54, 1.807) is 0 Å². The lowest BCUT2D eigenvalue weighted by molar-refractivity contribution is 0.0939. The first-order chi connectivity index (χ1) is 7.85. The van der Waals surface area contributed by atoms with Crippen LogP contribution in [0.2, 0.25) is 0 Å². The molecular formula is C12H14ClF2NO. The molecule has 2 nitrogen and oxygen atoms in total. The Bertz CT molecular complexity index is 421. The molecular weight excluding hydrogens is 248 g/mol. The van der Waals surface area contributed by atoms with Crippen LogP contribution in [0.15, 0.2) is 18.2 Å². The molecule has 0 atom stereocenters. The summed E-state index contributed by atoms with van der Waals surface area (Å²) in [5, 5.41) is 2.62. The number of carbonyl (C=O) groups excluding carboxylic acids is 1. The number of halogens is 3. The highest BCUT2D eigenvalue weighted by molar-refractivity contribution is 6.18. The second-order valence-corrected chi connectivity index (χ2v) is 4.88. The fourth-order valence-corrected chi connectivity index (χ4v) is 1.20. The lowest BCUT2D eigenvalue weighted by Crippen LogP contribution is -2.35. The van der Waals surface area contributed by atoms with E-state index in [0.717, 1.165) is 12.1 Å². The van der Waals surface area contributed by atoms with Gasteiger partial charge in [0, 0.05) is 18.0 Å². The Balaban J connectivity index is 2.68. The first-order valence-corrected chi connectivity index (χ1v) is 5.68. The molecule has 0 spiro atoms. The predicted octanol–water partition coefficient (Wildman–Crippen LogP) is 2.96. The number of nitrogens with one attached hydrogen (secondary N) is 1. The average Bonchev–Trinajstić information content (AvgIpc) is 2.30. The van der Waals surface area contributed by atoms with Crippen molar-refractivity contribution in [1.82, 2.24) is 5.32 Å². The predicted molar refractivity (Wildman–Crippen MR) is 63.2 cm³/mol. The maximum absolute atomic E-state index is 12.9. The van der Waals surface area contributed by atoms with Gasteiger partial charge in [-0.2, -0.15) is 0 Å². The quantitative estimate of drug-likeness (QED) is 0.830. The largest absolute Gasteiger partial charge is 0.351 e. The summed E-state index contributed by atoms with van der Waals surface area (Å²) in [7, 11) is 0. The first kappa shape index (κ1) is 13.9. The van der Waals surface area contributed by atoms with Crippen LogP contribution < -0.4 is 5.32 Å². The van der Waals surface area contributed by atoms with Gasteiger partial charge in [-0.3, -0.25) is 4.79 Å². The third-order valence-corrected chi connectivity index (χ3v) is 2.99. The molecule has 0 unspecified atom stereocenters. The number of alkyl halides is 1. The van der Waals surface area contributed by atoms with Crippen molar-refractivity contribution < 1.29 is 13.6 Å². The number of carbonyl (C=O) groups is 1. The number of hydrogen-bond acceptors (Lipinski definition) is 1. The summed E-state index contributed by atoms with van der Waals surface area (Å²) < 4.78 is 25.6. The summed E-state index contributed by atoms with van der Waals surface area (Å²) in [5.74, 6) is -2.05. The minimum Gasteiger partial charge on any atom is -0.351 e. The average molecular weight is 262 g/mol. The second-order valence-electron chi connectivity index (χ2n) is 4.61. The Morgan fingerprint density at radius 3 is 2.53 bits per heavy atom. The van der Waals surface area contributed by atoms with Crippen LogP contribution in [0.3, 0.4) is 0 Å². The molecule has 1 amide bonds. The summed E-state index contributed by atoms with van der Waals surface area (Å²) in [6.45, 7) is 4.16. The lowest BCUT2D eigenvalue weighted by atomic mass is 9.96. The topological polar surface area (TPSA) is 29.1 Å². The van der Waals surface area contributed by atoms with Gasteiger partial charge in [-0.1, -0.05) is 13.8 Å². The molecule has 0 aliphatic rings. The summed E-state index contributed by atoms with van der Waals surface area (Å²) in [4.78, 5) is 11.6. The molecule has 0 fully saturated rings. The van der Waals surface area contributed by atoms with Crippen LogP contribution in [-0.4, -0.2) is 18.3 Å². The lowest BCUT2D eigenvalue weighted by Gasteiger charge is -2.21. The van der Waals surface area contributed by atoms with Gasteiger partial charge < -0.3 is 5.32 Å². The molecule has 0 bridgehead atoms. The molecule has 0 aromatic heterocycles. The molecule has 94 valence electrons. The minimum atomic E-state index is -1.03. The van der Waals surface area contributed by atoms with Crippen molar-refractivity contribution in [3.8, 4) is 0 Å². The number of hydrogen-bond donors (Lipinski definition) is 1. The number of rotatable bonds is 4. The van der Waals surface area contributed by atoms with Crippen molar-refractivity contribution in [1.29, 1.82) is 0 Å². The monoisotopic (exact) mass is 261 g/mol. The molecule has 1 rings (SSSR count). The zero-order chi connectivity index (χ0) is 13.1. The van der Waals surface area contributed by atoms with Gasteiger partial charge in [-0.15, -0.1) is 11.6 Å². The van der Waals surface area contributed by atoms with Gasteiger partial charge in [0.25, 0.3) is 5.91 Å². The van der Waals surface area contributed by atoms with Crippen molar-refractivity contribution >= 4 is 17.5 Å². The van der Waals surface area contributed by atoms with Crippen molar-refractivity contribution in [2.75, 3.05) is 12.4 Å². The van der Waals surface area contributed by atoms with Crippen LogP contribution in [0, 0.1) is 17.0 Å². The molecule has 0 aliphatic carbocycles. The van der Waals surface area contributed by atoms with E-state index in [9.17, 15) is 13.6 Å². The SMILES string of the molecule is CC(C)(CCl)CNC(=O)c1ccc(F)c(F)c1. The minimum absolute atomic E-state index is 0.0919. The van der Waals surface area contributed by atoms with E-state index < -0.39 is 17.5 Å². The number of benzene rings is 1. The van der Waals surface area contributed by atoms with Crippen molar-refractivity contribution in [2.24, 2.45) is 5.41 Å². The third kappa shape index (κ3) is 3.97. The smallest absolute Gasteiger partial charge is 0.251 e. The van der Waals surface area contributed by atoms with Crippen molar-refractivity contribution in [3.63, 3.8) is 0 Å². The van der Waals surface area contributed by atoms with E-state index in [0.29, 0.717) is 12.4 Å². The second kappa shape index (κ2) is 5.45. The highest BCUT2D eigenvalue weighted by Gasteiger charge is 2.18. The summed E-state index contributed by atoms with van der Waals surface area (Å²) in [6, 6.07) is 3.04. The van der Waals surface area contributed by atoms with Crippen LogP contribution in [0.5, 0.6) is 0 Å². The van der Waals surface area contributed by atoms with Crippen LogP contribution in [0.25, 0.3) is 0 Å². The van der Waals surface area contributed by atoms with Crippen LogP contribution in [-0.2, 0) is 0 Å². The Morgan fingerprint density at radius 2 is 2.00 bits per heavy atom. The van der Waals surface area contributed by atoms with Gasteiger partial charge in [0.1, 0.15) is 0 Å². The maximum atomic E-state index is 12.9. The third-order valence-electron chi connectivity index (χ3n) is 2.27. The molecule has 17 heavy (non-hydrogen) atoms. The van der Waals surface area contributed by atoms with E-state index in [4.69, 9.17) is 11.6 Å². The van der Waals surface area contributed by atoms with Gasteiger partial charge >= 0.3 is 0 Å². The summed E-state index contributed by atoms with van der Waals surface area (Å²) in [6.07, 6.45) is 0. The molecule has 0 saturated carbocycles. The zero-order valence-corrected chi connectivity index (χ0v) is 10.4. The molecule has 1 aromatic carbocycles. The summed E-state index contributed by atoms with van der Waals surface area (Å²) >= 11 is 5.71. The van der Waals surface area contributed by atoms with Crippen molar-refractivity contribution in [3.05, 3.63) is 35.4 Å². The molecule has 5 heteroatoms. The standard InChI is InChI=1S/C12H14ClF2NO/c1-12(2,6-13)7-16-11(17)8-3-4-9(14)10(15)5-8/h3-5H,6-7H2,1-2H3,(H,16,17). The summed E-state index contributed by atoms with van der Waals surface area (Å²) in [5.41, 5.74) is -0.148. The van der Waals surface area contributed by atoms with Gasteiger partial charge in [-0.05, 0) is 23.6 Å². The van der Waals surface area contributed by atoms with Crippen LogP contribution in [0.4, 0.5) is 8.78 Å². The van der Waals surface area contributed by atoms with E-state index in [1.807, 2.05) is 13.8 Å². The van der Waals surface area contributed by atoms with Crippen LogP contribution in [0.1, 0.15) is 24.2 Å². The molecule has 0 aliphatic heterocycles. The van der Waals surface area contributed by atoms with Gasteiger partial charge in [-0.25, -0.2) is 8.78 Å². The molecule has 0 saturated heterocycles. The van der Waals surface area contributed by atoms with E-state index in [-0.39, 0.29) is 11.0 Å². The zero-order valence-electron chi connectivity index (χ0n) is 9.69. The van der Waals surface area contributed by atoms with E-state index in [2.05, 4.69) is 5.32 Å². The highest BCUT2D eigenvalue weighted by atomic mass is 35.5. The Morgan fingerprint density at radius 1 is 1.35 bits per heavy atom. The van der Waals surface area contributed by atoms with E-state index in [1.165, 1.54) is 6.07 Å². The van der Waals surface area contributed by atoms with Gasteiger partial charge in [0.15, 0.2) is 11.6 Å². The number of amides is 1. The normalized spacial score (nSPS) is 11.4. The molecule has 0 radical (unpaired) electrons. The van der Waals surface area contributed by atoms with Gasteiger partial charge in [0.2, 0.25) is 0 Å². The highest BCUT2D eigenvalue weighted by Crippen LogP contribution is 2.15.